The van der Waals surface area contributed by atoms with E-state index in [1.54, 1.807) is 11.3 Å². The highest BCUT2D eigenvalue weighted by molar-refractivity contribution is 7.13. The molecule has 2 heterocycles. The summed E-state index contributed by atoms with van der Waals surface area (Å²) in [6, 6.07) is 7.61. The van der Waals surface area contributed by atoms with Gasteiger partial charge in [0.25, 0.3) is 5.91 Å². The monoisotopic (exact) mass is 290 g/mol. The van der Waals surface area contributed by atoms with Crippen molar-refractivity contribution in [3.8, 4) is 10.4 Å². The van der Waals surface area contributed by atoms with Crippen molar-refractivity contribution < 1.29 is 4.79 Å². The molecule has 0 aliphatic heterocycles. The molecule has 1 aromatic carbocycles. The molecule has 0 fully saturated rings. The number of primary amides is 1. The van der Waals surface area contributed by atoms with E-state index in [0.29, 0.717) is 10.7 Å². The minimum absolute atomic E-state index is 0.433. The van der Waals surface area contributed by atoms with Crippen molar-refractivity contribution in [3.63, 3.8) is 0 Å². The Morgan fingerprint density at radius 1 is 1.37 bits per heavy atom. The van der Waals surface area contributed by atoms with Gasteiger partial charge in [0.2, 0.25) is 0 Å². The number of aromatic amines is 1. The lowest BCUT2D eigenvalue weighted by Gasteiger charge is -2.03. The van der Waals surface area contributed by atoms with Gasteiger partial charge in [0, 0.05) is 26.4 Å². The van der Waals surface area contributed by atoms with Crippen LogP contribution in [-0.4, -0.2) is 10.9 Å². The molecule has 96 valence electrons. The molecule has 3 aromatic rings. The molecule has 0 bridgehead atoms. The normalized spacial score (nSPS) is 11.1. The van der Waals surface area contributed by atoms with E-state index in [1.807, 2.05) is 36.6 Å². The molecule has 19 heavy (non-hydrogen) atoms. The number of rotatable bonds is 2. The molecule has 0 radical (unpaired) electrons. The second kappa shape index (κ2) is 4.40. The summed E-state index contributed by atoms with van der Waals surface area (Å²) in [5.74, 6) is -0.463. The number of amides is 1. The van der Waals surface area contributed by atoms with Gasteiger partial charge in [-0.2, -0.15) is 0 Å². The van der Waals surface area contributed by atoms with Gasteiger partial charge in [0.15, 0.2) is 0 Å². The number of nitrogens with one attached hydrogen (secondary N) is 1. The first kappa shape index (κ1) is 12.3. The number of carbonyl (C=O) groups excluding carboxylic acids is 1. The van der Waals surface area contributed by atoms with E-state index in [-0.39, 0.29) is 0 Å². The Bertz CT molecular complexity index is 774. The molecule has 0 aliphatic carbocycles. The first-order chi connectivity index (χ1) is 9.09. The predicted octanol–water partition coefficient (Wildman–Crippen LogP) is 3.96. The van der Waals surface area contributed by atoms with Gasteiger partial charge in [-0.25, -0.2) is 0 Å². The van der Waals surface area contributed by atoms with Gasteiger partial charge in [0.05, 0.1) is 0 Å². The van der Waals surface area contributed by atoms with Crippen molar-refractivity contribution in [1.29, 1.82) is 0 Å². The van der Waals surface area contributed by atoms with Crippen molar-refractivity contribution in [1.82, 2.24) is 4.98 Å². The number of halogens is 1. The summed E-state index contributed by atoms with van der Waals surface area (Å²) < 4.78 is 0. The Morgan fingerprint density at radius 2 is 2.16 bits per heavy atom. The molecule has 3 nitrogen and oxygen atoms in total. The van der Waals surface area contributed by atoms with E-state index in [9.17, 15) is 4.79 Å². The standard InChI is InChI=1S/C14H11ClN2OS/c1-7-8(15)4-5-9-11(7)12(10-3-2-6-19-10)13(17-9)14(16)18/h2-6,17H,1H3,(H2,16,18). The molecule has 0 atom stereocenters. The zero-order valence-electron chi connectivity index (χ0n) is 10.2. The molecule has 5 heteroatoms. The quantitative estimate of drug-likeness (QED) is 0.737. The fourth-order valence-corrected chi connectivity index (χ4v) is 3.23. The Balaban J connectivity index is 2.48. The maximum Gasteiger partial charge on any atom is 0.265 e. The van der Waals surface area contributed by atoms with Crippen LogP contribution in [0.15, 0.2) is 29.6 Å². The van der Waals surface area contributed by atoms with Crippen molar-refractivity contribution in [3.05, 3.63) is 45.9 Å². The van der Waals surface area contributed by atoms with Gasteiger partial charge in [-0.3, -0.25) is 4.79 Å². The number of hydrogen-bond donors (Lipinski definition) is 2. The number of fused-ring (bicyclic) bond motifs is 1. The van der Waals surface area contributed by atoms with E-state index >= 15 is 0 Å². The summed E-state index contributed by atoms with van der Waals surface area (Å²) in [6.07, 6.45) is 0. The second-order valence-electron chi connectivity index (χ2n) is 4.31. The molecule has 0 unspecified atom stereocenters. The molecule has 0 saturated carbocycles. The second-order valence-corrected chi connectivity index (χ2v) is 5.67. The van der Waals surface area contributed by atoms with Crippen LogP contribution in [0.2, 0.25) is 5.02 Å². The predicted molar refractivity (Wildman–Crippen MR) is 79.9 cm³/mol. The summed E-state index contributed by atoms with van der Waals surface area (Å²) in [4.78, 5) is 15.7. The van der Waals surface area contributed by atoms with E-state index in [0.717, 1.165) is 26.9 Å². The number of aryl methyl sites for hydroxylation is 1. The summed E-state index contributed by atoms with van der Waals surface area (Å²) in [7, 11) is 0. The highest BCUT2D eigenvalue weighted by Crippen LogP contribution is 2.38. The summed E-state index contributed by atoms with van der Waals surface area (Å²) in [5, 5.41) is 3.61. The van der Waals surface area contributed by atoms with Gasteiger partial charge < -0.3 is 10.7 Å². The number of aromatic nitrogens is 1. The number of nitrogens with two attached hydrogens (primary N) is 1. The molecule has 0 saturated heterocycles. The van der Waals surface area contributed by atoms with Crippen molar-refractivity contribution >= 4 is 39.7 Å². The fourth-order valence-electron chi connectivity index (χ4n) is 2.29. The minimum atomic E-state index is -0.463. The largest absolute Gasteiger partial charge is 0.364 e. The van der Waals surface area contributed by atoms with Gasteiger partial charge >= 0.3 is 0 Å². The Hall–Kier alpha value is -1.78. The molecule has 1 amide bonds. The lowest BCUT2D eigenvalue weighted by atomic mass is 10.0. The van der Waals surface area contributed by atoms with Crippen LogP contribution < -0.4 is 5.73 Å². The van der Waals surface area contributed by atoms with E-state index < -0.39 is 5.91 Å². The topological polar surface area (TPSA) is 58.9 Å². The molecule has 0 aliphatic rings. The Morgan fingerprint density at radius 3 is 2.79 bits per heavy atom. The van der Waals surface area contributed by atoms with Crippen LogP contribution in [0.3, 0.4) is 0 Å². The molecule has 0 spiro atoms. The maximum atomic E-state index is 11.6. The van der Waals surface area contributed by atoms with Crippen LogP contribution in [0.5, 0.6) is 0 Å². The highest BCUT2D eigenvalue weighted by Gasteiger charge is 2.20. The third-order valence-electron chi connectivity index (χ3n) is 3.17. The van der Waals surface area contributed by atoms with Gasteiger partial charge in [-0.05, 0) is 36.1 Å². The van der Waals surface area contributed by atoms with E-state index in [4.69, 9.17) is 17.3 Å². The zero-order chi connectivity index (χ0) is 13.6. The molecule has 3 N–H and O–H groups in total. The summed E-state index contributed by atoms with van der Waals surface area (Å²) in [5.41, 5.74) is 8.58. The lowest BCUT2D eigenvalue weighted by Crippen LogP contribution is -2.12. The van der Waals surface area contributed by atoms with E-state index in [2.05, 4.69) is 4.98 Å². The van der Waals surface area contributed by atoms with Crippen LogP contribution in [0, 0.1) is 6.92 Å². The maximum absolute atomic E-state index is 11.6. The minimum Gasteiger partial charge on any atom is -0.364 e. The van der Waals surface area contributed by atoms with Crippen LogP contribution >= 0.6 is 22.9 Å². The Labute approximate surface area is 119 Å². The van der Waals surface area contributed by atoms with Gasteiger partial charge in [0.1, 0.15) is 5.69 Å². The van der Waals surface area contributed by atoms with Crippen molar-refractivity contribution in [2.24, 2.45) is 5.73 Å². The first-order valence-corrected chi connectivity index (χ1v) is 7.00. The van der Waals surface area contributed by atoms with Crippen molar-refractivity contribution in [2.75, 3.05) is 0 Å². The highest BCUT2D eigenvalue weighted by atomic mass is 35.5. The average molecular weight is 291 g/mol. The molecule has 3 rings (SSSR count). The molecule has 2 aromatic heterocycles. The average Bonchev–Trinajstić information content (AvgIpc) is 3.00. The third kappa shape index (κ3) is 1.84. The first-order valence-electron chi connectivity index (χ1n) is 5.74. The van der Waals surface area contributed by atoms with Gasteiger partial charge in [-0.1, -0.05) is 17.7 Å². The number of hydrogen-bond acceptors (Lipinski definition) is 2. The number of carbonyl (C=O) groups is 1. The van der Waals surface area contributed by atoms with Crippen LogP contribution in [0.4, 0.5) is 0 Å². The molecular weight excluding hydrogens is 280 g/mol. The Kier molecular flexibility index (Phi) is 2.84. The third-order valence-corrected chi connectivity index (χ3v) is 4.47. The van der Waals surface area contributed by atoms with Crippen LogP contribution in [-0.2, 0) is 0 Å². The number of thiophene rings is 1. The summed E-state index contributed by atoms with van der Waals surface area (Å²) >= 11 is 7.75. The number of benzene rings is 1. The van der Waals surface area contributed by atoms with Crippen LogP contribution in [0.25, 0.3) is 21.3 Å². The SMILES string of the molecule is Cc1c(Cl)ccc2[nH]c(C(N)=O)c(-c3cccs3)c12. The molecular formula is C14H11ClN2OS. The fraction of sp³-hybridized carbons (Fsp3) is 0.0714. The lowest BCUT2D eigenvalue weighted by molar-refractivity contribution is 0.0997. The van der Waals surface area contributed by atoms with E-state index in [1.165, 1.54) is 0 Å². The zero-order valence-corrected chi connectivity index (χ0v) is 11.7. The smallest absolute Gasteiger partial charge is 0.265 e. The van der Waals surface area contributed by atoms with Crippen LogP contribution in [0.1, 0.15) is 16.1 Å². The number of H-pyrrole nitrogens is 1. The van der Waals surface area contributed by atoms with Crippen molar-refractivity contribution in [2.45, 2.75) is 6.92 Å². The van der Waals surface area contributed by atoms with Gasteiger partial charge in [-0.15, -0.1) is 11.3 Å². The summed E-state index contributed by atoms with van der Waals surface area (Å²) in [6.45, 7) is 1.94.